The van der Waals surface area contributed by atoms with Crippen LogP contribution in [0, 0.1) is 0 Å². The van der Waals surface area contributed by atoms with Crippen LogP contribution in [0.5, 0.6) is 0 Å². The minimum atomic E-state index is -0.0186. The van der Waals surface area contributed by atoms with Gasteiger partial charge in [0.2, 0.25) is 0 Å². The molecule has 0 radical (unpaired) electrons. The van der Waals surface area contributed by atoms with E-state index >= 15 is 0 Å². The molecule has 2 aromatic rings. The summed E-state index contributed by atoms with van der Waals surface area (Å²) < 4.78 is 5.79. The molecular formula is C18H23Cl2N3O2S. The Labute approximate surface area is 168 Å². The standard InChI is InChI=1S/C18H22ClN3O2S.ClH/c19-15-5-2-1-4-14(15)17-21-16(12-25-17)18(23)22-9-6-13(7-10-22)24-11-3-8-20;/h1-2,4-5,12-13H,3,6-11,20H2;1H. The third-order valence-corrected chi connectivity index (χ3v) is 5.46. The maximum absolute atomic E-state index is 12.7. The van der Waals surface area contributed by atoms with Crippen LogP contribution >= 0.6 is 35.3 Å². The van der Waals surface area contributed by atoms with Gasteiger partial charge >= 0.3 is 0 Å². The summed E-state index contributed by atoms with van der Waals surface area (Å²) >= 11 is 7.66. The zero-order valence-electron chi connectivity index (χ0n) is 14.4. The zero-order valence-corrected chi connectivity index (χ0v) is 16.8. The lowest BCUT2D eigenvalue weighted by Crippen LogP contribution is -2.41. The molecule has 0 spiro atoms. The van der Waals surface area contributed by atoms with Crippen LogP contribution in [0.3, 0.4) is 0 Å². The van der Waals surface area contributed by atoms with Crippen LogP contribution in [0.25, 0.3) is 10.6 Å². The molecule has 1 fully saturated rings. The quantitative estimate of drug-likeness (QED) is 0.727. The molecule has 26 heavy (non-hydrogen) atoms. The Hall–Kier alpha value is -1.18. The van der Waals surface area contributed by atoms with Crippen molar-refractivity contribution < 1.29 is 9.53 Å². The Bertz CT molecular complexity index is 718. The van der Waals surface area contributed by atoms with E-state index in [2.05, 4.69) is 4.98 Å². The van der Waals surface area contributed by atoms with Gasteiger partial charge in [-0.25, -0.2) is 4.98 Å². The molecule has 142 valence electrons. The third kappa shape index (κ3) is 5.18. The molecule has 1 aromatic heterocycles. The van der Waals surface area contributed by atoms with Gasteiger partial charge in [0, 0.05) is 30.6 Å². The molecule has 8 heteroatoms. The van der Waals surface area contributed by atoms with E-state index in [1.807, 2.05) is 34.5 Å². The Balaban J connectivity index is 0.00000243. The molecule has 1 saturated heterocycles. The van der Waals surface area contributed by atoms with Crippen LogP contribution in [0.1, 0.15) is 29.8 Å². The highest BCUT2D eigenvalue weighted by Crippen LogP contribution is 2.30. The fourth-order valence-corrected chi connectivity index (χ4v) is 3.97. The van der Waals surface area contributed by atoms with Crippen LogP contribution < -0.4 is 5.73 Å². The second kappa shape index (κ2) is 10.2. The molecule has 2 N–H and O–H groups in total. The Morgan fingerprint density at radius 1 is 1.35 bits per heavy atom. The first-order chi connectivity index (χ1) is 12.2. The number of halogens is 2. The molecule has 0 atom stereocenters. The summed E-state index contributed by atoms with van der Waals surface area (Å²) in [7, 11) is 0. The van der Waals surface area contributed by atoms with E-state index in [1.165, 1.54) is 11.3 Å². The highest BCUT2D eigenvalue weighted by Gasteiger charge is 2.25. The zero-order chi connectivity index (χ0) is 17.6. The monoisotopic (exact) mass is 415 g/mol. The summed E-state index contributed by atoms with van der Waals surface area (Å²) in [4.78, 5) is 19.0. The van der Waals surface area contributed by atoms with E-state index in [9.17, 15) is 4.79 Å². The van der Waals surface area contributed by atoms with Crippen molar-refractivity contribution >= 4 is 41.3 Å². The second-order valence-electron chi connectivity index (χ2n) is 6.02. The van der Waals surface area contributed by atoms with Crippen LogP contribution in [0.4, 0.5) is 0 Å². The number of likely N-dealkylation sites (tertiary alicyclic amines) is 1. The van der Waals surface area contributed by atoms with E-state index < -0.39 is 0 Å². The summed E-state index contributed by atoms with van der Waals surface area (Å²) in [6.07, 6.45) is 2.82. The lowest BCUT2D eigenvalue weighted by Gasteiger charge is -2.31. The minimum Gasteiger partial charge on any atom is -0.378 e. The predicted octanol–water partition coefficient (Wildman–Crippen LogP) is 3.86. The number of amides is 1. The SMILES string of the molecule is Cl.NCCCOC1CCN(C(=O)c2csc(-c3ccccc3Cl)n2)CC1. The van der Waals surface area contributed by atoms with Crippen LogP contribution in [-0.4, -0.2) is 48.1 Å². The molecule has 1 aliphatic heterocycles. The van der Waals surface area contributed by atoms with Gasteiger partial charge in [-0.2, -0.15) is 0 Å². The number of hydrogen-bond acceptors (Lipinski definition) is 5. The van der Waals surface area contributed by atoms with Crippen molar-refractivity contribution in [3.8, 4) is 10.6 Å². The van der Waals surface area contributed by atoms with Gasteiger partial charge in [-0.1, -0.05) is 29.8 Å². The molecule has 1 aromatic carbocycles. The number of thiazole rings is 1. The summed E-state index contributed by atoms with van der Waals surface area (Å²) in [5.41, 5.74) is 6.83. The van der Waals surface area contributed by atoms with E-state index in [0.29, 0.717) is 37.0 Å². The topological polar surface area (TPSA) is 68.5 Å². The minimum absolute atomic E-state index is 0. The van der Waals surface area contributed by atoms with E-state index in [0.717, 1.165) is 29.8 Å². The van der Waals surface area contributed by atoms with E-state index in [-0.39, 0.29) is 24.4 Å². The smallest absolute Gasteiger partial charge is 0.273 e. The second-order valence-corrected chi connectivity index (χ2v) is 7.29. The van der Waals surface area contributed by atoms with Crippen molar-refractivity contribution in [1.29, 1.82) is 0 Å². The van der Waals surface area contributed by atoms with E-state index in [4.69, 9.17) is 22.1 Å². The lowest BCUT2D eigenvalue weighted by molar-refractivity contribution is 0.00831. The molecule has 0 unspecified atom stereocenters. The normalized spacial score (nSPS) is 14.9. The first-order valence-electron chi connectivity index (χ1n) is 8.50. The molecule has 2 heterocycles. The molecule has 0 aliphatic carbocycles. The molecule has 1 aliphatic rings. The van der Waals surface area contributed by atoms with Gasteiger partial charge < -0.3 is 15.4 Å². The number of carbonyl (C=O) groups excluding carboxylic acids is 1. The summed E-state index contributed by atoms with van der Waals surface area (Å²) in [5.74, 6) is -0.0186. The summed E-state index contributed by atoms with van der Waals surface area (Å²) in [6, 6.07) is 7.54. The van der Waals surface area contributed by atoms with Crippen molar-refractivity contribution in [2.45, 2.75) is 25.4 Å². The molecule has 3 rings (SSSR count). The molecule has 0 bridgehead atoms. The maximum Gasteiger partial charge on any atom is 0.273 e. The lowest BCUT2D eigenvalue weighted by atomic mass is 10.1. The Morgan fingerprint density at radius 3 is 2.77 bits per heavy atom. The number of nitrogens with two attached hydrogens (primary N) is 1. The predicted molar refractivity (Wildman–Crippen MR) is 108 cm³/mol. The highest BCUT2D eigenvalue weighted by molar-refractivity contribution is 7.13. The van der Waals surface area contributed by atoms with Gasteiger partial charge in [0.05, 0.1) is 11.1 Å². The van der Waals surface area contributed by atoms with Crippen molar-refractivity contribution in [3.05, 3.63) is 40.4 Å². The highest BCUT2D eigenvalue weighted by atomic mass is 35.5. The maximum atomic E-state index is 12.7. The summed E-state index contributed by atoms with van der Waals surface area (Å²) in [6.45, 7) is 2.74. The van der Waals surface area contributed by atoms with Crippen molar-refractivity contribution in [2.24, 2.45) is 5.73 Å². The number of ether oxygens (including phenoxy) is 1. The largest absolute Gasteiger partial charge is 0.378 e. The van der Waals surface area contributed by atoms with Crippen molar-refractivity contribution in [2.75, 3.05) is 26.2 Å². The Morgan fingerprint density at radius 2 is 2.08 bits per heavy atom. The molecule has 0 saturated carbocycles. The van der Waals surface area contributed by atoms with E-state index in [1.54, 1.807) is 0 Å². The molecular weight excluding hydrogens is 393 g/mol. The fraction of sp³-hybridized carbons (Fsp3) is 0.444. The number of aromatic nitrogens is 1. The first kappa shape index (κ1) is 21.1. The van der Waals surface area contributed by atoms with Gasteiger partial charge in [0.25, 0.3) is 5.91 Å². The number of nitrogens with zero attached hydrogens (tertiary/aromatic N) is 2. The van der Waals surface area contributed by atoms with Crippen molar-refractivity contribution in [3.63, 3.8) is 0 Å². The average Bonchev–Trinajstić information content (AvgIpc) is 3.12. The van der Waals surface area contributed by atoms with Crippen LogP contribution in [0.2, 0.25) is 5.02 Å². The number of rotatable bonds is 6. The van der Waals surface area contributed by atoms with Crippen molar-refractivity contribution in [1.82, 2.24) is 9.88 Å². The van der Waals surface area contributed by atoms with Gasteiger partial charge in [0.1, 0.15) is 10.7 Å². The first-order valence-corrected chi connectivity index (χ1v) is 9.76. The third-order valence-electron chi connectivity index (χ3n) is 4.26. The number of carbonyl (C=O) groups is 1. The number of benzene rings is 1. The Kier molecular flexibility index (Phi) is 8.31. The average molecular weight is 416 g/mol. The number of piperidine rings is 1. The van der Waals surface area contributed by atoms with Gasteiger partial charge in [-0.3, -0.25) is 4.79 Å². The van der Waals surface area contributed by atoms with Gasteiger partial charge in [0.15, 0.2) is 0 Å². The summed E-state index contributed by atoms with van der Waals surface area (Å²) in [5, 5.41) is 3.23. The number of hydrogen-bond donors (Lipinski definition) is 1. The fourth-order valence-electron chi connectivity index (χ4n) is 2.85. The van der Waals surface area contributed by atoms with Crippen LogP contribution in [0.15, 0.2) is 29.6 Å². The molecule has 1 amide bonds. The van der Waals surface area contributed by atoms with Gasteiger partial charge in [-0.05, 0) is 31.9 Å². The van der Waals surface area contributed by atoms with Gasteiger partial charge in [-0.15, -0.1) is 23.7 Å². The molecule has 5 nitrogen and oxygen atoms in total. The van der Waals surface area contributed by atoms with Crippen LogP contribution in [-0.2, 0) is 4.74 Å².